The molecule has 1 amide bonds. The number of thiophene rings is 1. The number of para-hydroxylation sites is 1. The van der Waals surface area contributed by atoms with E-state index in [2.05, 4.69) is 5.32 Å². The molecule has 0 saturated heterocycles. The molecule has 2 N–H and O–H groups in total. The van der Waals surface area contributed by atoms with Gasteiger partial charge in [0.25, 0.3) is 5.91 Å². The standard InChI is InChI=1S/C27H19N3O4S/c28-14-18-11-12-35-26(18)30-23(32)15-34-27(33)24-20-3-1-2-4-22(20)29-25-17(7-10-21(24)25)13-16-5-8-19(31)9-6-16/h1-6,8-9,11-13,31H,7,10,15H2,(H,30,32)/b17-13+. The van der Waals surface area contributed by atoms with Crippen molar-refractivity contribution >= 4 is 50.8 Å². The van der Waals surface area contributed by atoms with Gasteiger partial charge in [-0.15, -0.1) is 11.3 Å². The van der Waals surface area contributed by atoms with Gasteiger partial charge in [0.05, 0.1) is 22.3 Å². The molecular weight excluding hydrogens is 462 g/mol. The second-order valence-corrected chi connectivity index (χ2v) is 8.91. The van der Waals surface area contributed by atoms with Crippen LogP contribution < -0.4 is 5.32 Å². The van der Waals surface area contributed by atoms with E-state index in [9.17, 15) is 14.7 Å². The fraction of sp³-hybridized carbons (Fsp3) is 0.111. The molecule has 1 aliphatic rings. The molecule has 2 heterocycles. The molecule has 2 aromatic carbocycles. The number of aromatic nitrogens is 1. The lowest BCUT2D eigenvalue weighted by atomic mass is 10.0. The Labute approximate surface area is 204 Å². The van der Waals surface area contributed by atoms with E-state index >= 15 is 0 Å². The number of nitriles is 1. The van der Waals surface area contributed by atoms with Crippen LogP contribution in [0.25, 0.3) is 22.6 Å². The molecular formula is C27H19N3O4S. The van der Waals surface area contributed by atoms with Crippen LogP contribution in [0.1, 0.15) is 39.2 Å². The number of benzene rings is 2. The Kier molecular flexibility index (Phi) is 6.00. The lowest BCUT2D eigenvalue weighted by Gasteiger charge is -2.12. The molecule has 0 spiro atoms. The molecule has 0 radical (unpaired) electrons. The molecule has 4 aromatic rings. The molecule has 0 atom stereocenters. The van der Waals surface area contributed by atoms with Crippen LogP contribution in [0.2, 0.25) is 0 Å². The maximum atomic E-state index is 13.2. The average Bonchev–Trinajstić information content (AvgIpc) is 3.48. The lowest BCUT2D eigenvalue weighted by molar-refractivity contribution is -0.119. The SMILES string of the molecule is N#Cc1ccsc1NC(=O)COC(=O)c1c2c(nc3ccccc13)/C(=C/c1ccc(O)cc1)CC2. The summed E-state index contributed by atoms with van der Waals surface area (Å²) in [4.78, 5) is 30.4. The lowest BCUT2D eigenvalue weighted by Crippen LogP contribution is -2.21. The minimum absolute atomic E-state index is 0.195. The zero-order valence-corrected chi connectivity index (χ0v) is 19.3. The van der Waals surface area contributed by atoms with E-state index in [1.54, 1.807) is 23.6 Å². The maximum Gasteiger partial charge on any atom is 0.339 e. The topological polar surface area (TPSA) is 112 Å². The highest BCUT2D eigenvalue weighted by atomic mass is 32.1. The first-order valence-electron chi connectivity index (χ1n) is 10.9. The molecule has 1 aliphatic carbocycles. The van der Waals surface area contributed by atoms with Crippen molar-refractivity contribution in [1.82, 2.24) is 4.98 Å². The van der Waals surface area contributed by atoms with E-state index in [0.717, 1.165) is 22.4 Å². The van der Waals surface area contributed by atoms with Gasteiger partial charge in [0.15, 0.2) is 6.61 Å². The van der Waals surface area contributed by atoms with E-state index in [0.29, 0.717) is 39.9 Å². The second-order valence-electron chi connectivity index (χ2n) is 7.99. The number of esters is 1. The Morgan fingerprint density at radius 3 is 2.74 bits per heavy atom. The molecule has 172 valence electrons. The normalized spacial score (nSPS) is 13.4. The van der Waals surface area contributed by atoms with E-state index in [1.807, 2.05) is 48.5 Å². The summed E-state index contributed by atoms with van der Waals surface area (Å²) in [5.41, 5.74) is 4.89. The van der Waals surface area contributed by atoms with Crippen molar-refractivity contribution in [2.75, 3.05) is 11.9 Å². The first-order valence-corrected chi connectivity index (χ1v) is 11.8. The van der Waals surface area contributed by atoms with Crippen LogP contribution in [0.5, 0.6) is 5.75 Å². The molecule has 0 aliphatic heterocycles. The summed E-state index contributed by atoms with van der Waals surface area (Å²) >= 11 is 1.23. The van der Waals surface area contributed by atoms with Crippen molar-refractivity contribution in [3.8, 4) is 11.8 Å². The summed E-state index contributed by atoms with van der Waals surface area (Å²) in [6.45, 7) is -0.469. The number of phenolic OH excluding ortho intramolecular Hbond substituents is 1. The van der Waals surface area contributed by atoms with Crippen LogP contribution in [0.3, 0.4) is 0 Å². The van der Waals surface area contributed by atoms with Crippen LogP contribution in [0, 0.1) is 11.3 Å². The number of ether oxygens (including phenoxy) is 1. The van der Waals surface area contributed by atoms with Gasteiger partial charge in [-0.25, -0.2) is 9.78 Å². The third kappa shape index (κ3) is 4.50. The molecule has 2 aromatic heterocycles. The zero-order chi connectivity index (χ0) is 24.4. The van der Waals surface area contributed by atoms with Crippen LogP contribution >= 0.6 is 11.3 Å². The average molecular weight is 482 g/mol. The van der Waals surface area contributed by atoms with Crippen LogP contribution in [-0.2, 0) is 16.0 Å². The number of carbonyl (C=O) groups excluding carboxylic acids is 2. The van der Waals surface area contributed by atoms with Gasteiger partial charge in [0.2, 0.25) is 0 Å². The fourth-order valence-corrected chi connectivity index (χ4v) is 4.90. The van der Waals surface area contributed by atoms with Gasteiger partial charge >= 0.3 is 5.97 Å². The Morgan fingerprint density at radius 2 is 1.94 bits per heavy atom. The summed E-state index contributed by atoms with van der Waals surface area (Å²) in [5.74, 6) is -0.909. The third-order valence-corrected chi connectivity index (χ3v) is 6.58. The number of anilines is 1. The first kappa shape index (κ1) is 22.3. The minimum atomic E-state index is -0.590. The highest BCUT2D eigenvalue weighted by molar-refractivity contribution is 7.14. The number of nitrogens with one attached hydrogen (secondary N) is 1. The van der Waals surface area contributed by atoms with Crippen LogP contribution in [0.15, 0.2) is 60.0 Å². The number of nitrogens with zero attached hydrogens (tertiary/aromatic N) is 2. The summed E-state index contributed by atoms with van der Waals surface area (Å²) < 4.78 is 5.41. The maximum absolute atomic E-state index is 13.2. The quantitative estimate of drug-likeness (QED) is 0.381. The van der Waals surface area contributed by atoms with Crippen LogP contribution in [-0.4, -0.2) is 28.6 Å². The monoisotopic (exact) mass is 481 g/mol. The number of aromatic hydroxyl groups is 1. The van der Waals surface area contributed by atoms with Gasteiger partial charge < -0.3 is 15.2 Å². The van der Waals surface area contributed by atoms with Gasteiger partial charge in [-0.1, -0.05) is 30.3 Å². The fourth-order valence-electron chi connectivity index (χ4n) is 4.14. The predicted molar refractivity (Wildman–Crippen MR) is 134 cm³/mol. The second kappa shape index (κ2) is 9.41. The number of fused-ring (bicyclic) bond motifs is 2. The number of carbonyl (C=O) groups is 2. The zero-order valence-electron chi connectivity index (χ0n) is 18.4. The molecule has 8 heteroatoms. The number of hydrogen-bond acceptors (Lipinski definition) is 7. The van der Waals surface area contributed by atoms with Crippen molar-refractivity contribution in [1.29, 1.82) is 5.26 Å². The van der Waals surface area contributed by atoms with E-state index in [-0.39, 0.29) is 5.75 Å². The van der Waals surface area contributed by atoms with Crippen molar-refractivity contribution in [3.63, 3.8) is 0 Å². The number of rotatable bonds is 5. The van der Waals surface area contributed by atoms with Gasteiger partial charge in [0.1, 0.15) is 16.8 Å². The van der Waals surface area contributed by atoms with Crippen LogP contribution in [0.4, 0.5) is 5.00 Å². The summed E-state index contributed by atoms with van der Waals surface area (Å²) in [6.07, 6.45) is 3.33. The predicted octanol–water partition coefficient (Wildman–Crippen LogP) is 5.16. The molecule has 35 heavy (non-hydrogen) atoms. The van der Waals surface area contributed by atoms with Crippen molar-refractivity contribution in [3.05, 3.63) is 87.9 Å². The minimum Gasteiger partial charge on any atom is -0.508 e. The van der Waals surface area contributed by atoms with E-state index in [4.69, 9.17) is 15.0 Å². The summed E-state index contributed by atoms with van der Waals surface area (Å²) in [7, 11) is 0. The molecule has 0 bridgehead atoms. The molecule has 0 unspecified atom stereocenters. The van der Waals surface area contributed by atoms with E-state index in [1.165, 1.54) is 11.3 Å². The molecule has 0 fully saturated rings. The summed E-state index contributed by atoms with van der Waals surface area (Å²) in [6, 6.07) is 17.9. The van der Waals surface area contributed by atoms with E-state index < -0.39 is 18.5 Å². The number of hydrogen-bond donors (Lipinski definition) is 2. The van der Waals surface area contributed by atoms with Gasteiger partial charge in [-0.05, 0) is 65.3 Å². The smallest absolute Gasteiger partial charge is 0.339 e. The Bertz CT molecular complexity index is 1530. The van der Waals surface area contributed by atoms with Crippen molar-refractivity contribution < 1.29 is 19.4 Å². The number of allylic oxidation sites excluding steroid dienone is 1. The van der Waals surface area contributed by atoms with Crippen molar-refractivity contribution in [2.24, 2.45) is 0 Å². The molecule has 7 nitrogen and oxygen atoms in total. The summed E-state index contributed by atoms with van der Waals surface area (Å²) in [5, 5.41) is 24.1. The van der Waals surface area contributed by atoms with Gasteiger partial charge in [0, 0.05) is 5.39 Å². The number of pyridine rings is 1. The highest BCUT2D eigenvalue weighted by Gasteiger charge is 2.28. The number of amides is 1. The largest absolute Gasteiger partial charge is 0.508 e. The Hall–Kier alpha value is -4.48. The number of phenols is 1. The van der Waals surface area contributed by atoms with Gasteiger partial charge in [-0.3, -0.25) is 4.79 Å². The molecule has 5 rings (SSSR count). The Morgan fingerprint density at radius 1 is 1.14 bits per heavy atom. The Balaban J connectivity index is 1.44. The third-order valence-electron chi connectivity index (χ3n) is 5.75. The van der Waals surface area contributed by atoms with Gasteiger partial charge in [-0.2, -0.15) is 5.26 Å². The van der Waals surface area contributed by atoms with Crippen molar-refractivity contribution in [2.45, 2.75) is 12.8 Å². The highest BCUT2D eigenvalue weighted by Crippen LogP contribution is 2.38. The molecule has 0 saturated carbocycles. The first-order chi connectivity index (χ1) is 17.0.